The van der Waals surface area contributed by atoms with Crippen molar-refractivity contribution >= 4 is 23.2 Å². The molecule has 2 nitrogen and oxygen atoms in total. The Hall–Kier alpha value is -0.280. The van der Waals surface area contributed by atoms with Crippen LogP contribution in [0.2, 0.25) is 10.0 Å². The highest BCUT2D eigenvalue weighted by atomic mass is 35.5. The predicted molar refractivity (Wildman–Crippen MR) is 97.6 cm³/mol. The van der Waals surface area contributed by atoms with E-state index in [2.05, 4.69) is 31.0 Å². The third-order valence-electron chi connectivity index (χ3n) is 5.85. The Morgan fingerprint density at radius 1 is 1.09 bits per heavy atom. The summed E-state index contributed by atoms with van der Waals surface area (Å²) in [6.07, 6.45) is 6.37. The van der Waals surface area contributed by atoms with Crippen LogP contribution >= 0.6 is 23.2 Å². The average Bonchev–Trinajstić information content (AvgIpc) is 2.91. The Kier molecular flexibility index (Phi) is 5.90. The van der Waals surface area contributed by atoms with Crippen LogP contribution in [0.15, 0.2) is 18.2 Å². The van der Waals surface area contributed by atoms with Crippen molar-refractivity contribution in [3.05, 3.63) is 33.8 Å². The van der Waals surface area contributed by atoms with Gasteiger partial charge in [0, 0.05) is 18.7 Å². The van der Waals surface area contributed by atoms with Gasteiger partial charge in [-0.2, -0.15) is 0 Å². The molecule has 4 heteroatoms. The zero-order chi connectivity index (χ0) is 16.4. The van der Waals surface area contributed by atoms with Crippen LogP contribution in [0.3, 0.4) is 0 Å². The number of benzene rings is 1. The van der Waals surface area contributed by atoms with Gasteiger partial charge in [0.25, 0.3) is 0 Å². The standard InChI is InChI=1S/C19H27Cl2NO/c1-3-23-12-14-10-16-6-5-15(22(16)2)7-8-17(14)13-4-9-18(20)19(21)11-13/h4,9,11,14-17H,3,5-8,10,12H2,1-2H3/t14-,15?,16?,17-/m1/s1. The first-order chi connectivity index (χ1) is 11.1. The van der Waals surface area contributed by atoms with Crippen LogP contribution in [-0.2, 0) is 4.74 Å². The van der Waals surface area contributed by atoms with Crippen molar-refractivity contribution in [2.24, 2.45) is 5.92 Å². The highest BCUT2D eigenvalue weighted by molar-refractivity contribution is 6.42. The molecule has 0 aromatic heterocycles. The fraction of sp³-hybridized carbons (Fsp3) is 0.684. The van der Waals surface area contributed by atoms with E-state index in [-0.39, 0.29) is 0 Å². The van der Waals surface area contributed by atoms with E-state index in [9.17, 15) is 0 Å². The smallest absolute Gasteiger partial charge is 0.0595 e. The van der Waals surface area contributed by atoms with Crippen LogP contribution in [0.5, 0.6) is 0 Å². The third kappa shape index (κ3) is 3.87. The molecular formula is C19H27Cl2NO. The van der Waals surface area contributed by atoms with Gasteiger partial charge in [-0.15, -0.1) is 0 Å². The minimum Gasteiger partial charge on any atom is -0.381 e. The van der Waals surface area contributed by atoms with Gasteiger partial charge < -0.3 is 9.64 Å². The molecule has 23 heavy (non-hydrogen) atoms. The number of hydrogen-bond donors (Lipinski definition) is 0. The van der Waals surface area contributed by atoms with E-state index in [0.29, 0.717) is 27.9 Å². The normalized spacial score (nSPS) is 31.8. The molecule has 0 aliphatic carbocycles. The lowest BCUT2D eigenvalue weighted by Gasteiger charge is -2.37. The second kappa shape index (κ2) is 7.74. The summed E-state index contributed by atoms with van der Waals surface area (Å²) < 4.78 is 5.84. The van der Waals surface area contributed by atoms with Crippen molar-refractivity contribution in [2.75, 3.05) is 20.3 Å². The molecule has 0 amide bonds. The van der Waals surface area contributed by atoms with Crippen LogP contribution in [0, 0.1) is 5.92 Å². The van der Waals surface area contributed by atoms with E-state index >= 15 is 0 Å². The first-order valence-electron chi connectivity index (χ1n) is 8.84. The Morgan fingerprint density at radius 2 is 1.83 bits per heavy atom. The summed E-state index contributed by atoms with van der Waals surface area (Å²) >= 11 is 12.4. The second-order valence-corrected chi connectivity index (χ2v) is 7.88. The molecule has 0 saturated carbocycles. The minimum absolute atomic E-state index is 0.521. The van der Waals surface area contributed by atoms with Gasteiger partial charge in [0.15, 0.2) is 0 Å². The van der Waals surface area contributed by atoms with Gasteiger partial charge in [-0.3, -0.25) is 0 Å². The topological polar surface area (TPSA) is 12.5 Å². The maximum Gasteiger partial charge on any atom is 0.0595 e. The highest BCUT2D eigenvalue weighted by Crippen LogP contribution is 2.42. The van der Waals surface area contributed by atoms with E-state index in [1.807, 2.05) is 6.07 Å². The fourth-order valence-electron chi connectivity index (χ4n) is 4.48. The molecule has 1 aromatic rings. The van der Waals surface area contributed by atoms with Gasteiger partial charge in [-0.05, 0) is 75.6 Å². The lowest BCUT2D eigenvalue weighted by molar-refractivity contribution is 0.0688. The van der Waals surface area contributed by atoms with E-state index in [1.54, 1.807) is 0 Å². The van der Waals surface area contributed by atoms with E-state index in [0.717, 1.165) is 19.3 Å². The lowest BCUT2D eigenvalue weighted by Crippen LogP contribution is -2.38. The summed E-state index contributed by atoms with van der Waals surface area (Å²) in [6, 6.07) is 7.62. The number of ether oxygens (including phenoxy) is 1. The monoisotopic (exact) mass is 355 g/mol. The first-order valence-corrected chi connectivity index (χ1v) is 9.60. The zero-order valence-corrected chi connectivity index (χ0v) is 15.6. The summed E-state index contributed by atoms with van der Waals surface area (Å²) in [4.78, 5) is 2.62. The maximum atomic E-state index is 6.28. The molecule has 0 N–H and O–H groups in total. The van der Waals surface area contributed by atoms with Gasteiger partial charge >= 0.3 is 0 Å². The lowest BCUT2D eigenvalue weighted by atomic mass is 9.78. The third-order valence-corrected chi connectivity index (χ3v) is 6.59. The highest BCUT2D eigenvalue weighted by Gasteiger charge is 2.37. The molecule has 3 rings (SSSR count). The molecule has 0 spiro atoms. The largest absolute Gasteiger partial charge is 0.381 e. The molecule has 2 heterocycles. The average molecular weight is 356 g/mol. The molecule has 4 atom stereocenters. The van der Waals surface area contributed by atoms with Crippen molar-refractivity contribution in [3.63, 3.8) is 0 Å². The van der Waals surface area contributed by atoms with Crippen molar-refractivity contribution in [2.45, 2.75) is 57.0 Å². The maximum absolute atomic E-state index is 6.28. The molecule has 2 saturated heterocycles. The molecule has 2 bridgehead atoms. The Morgan fingerprint density at radius 3 is 2.57 bits per heavy atom. The van der Waals surface area contributed by atoms with Crippen LogP contribution in [0.1, 0.15) is 50.5 Å². The number of hydrogen-bond acceptors (Lipinski definition) is 2. The van der Waals surface area contributed by atoms with Gasteiger partial charge in [-0.1, -0.05) is 29.3 Å². The summed E-state index contributed by atoms with van der Waals surface area (Å²) in [5.74, 6) is 1.08. The van der Waals surface area contributed by atoms with Gasteiger partial charge in [0.1, 0.15) is 0 Å². The van der Waals surface area contributed by atoms with Gasteiger partial charge in [0.05, 0.1) is 16.7 Å². The number of fused-ring (bicyclic) bond motifs is 2. The summed E-state index contributed by atoms with van der Waals surface area (Å²) in [5, 5.41) is 1.31. The molecule has 2 aliphatic rings. The predicted octanol–water partition coefficient (Wildman–Crippen LogP) is 5.38. The minimum atomic E-state index is 0.521. The molecular weight excluding hydrogens is 329 g/mol. The van der Waals surface area contributed by atoms with Crippen molar-refractivity contribution in [1.29, 1.82) is 0 Å². The fourth-order valence-corrected chi connectivity index (χ4v) is 4.79. The Balaban J connectivity index is 1.86. The van der Waals surface area contributed by atoms with Crippen molar-refractivity contribution in [1.82, 2.24) is 4.90 Å². The van der Waals surface area contributed by atoms with E-state index in [1.165, 1.54) is 37.7 Å². The summed E-state index contributed by atoms with van der Waals surface area (Å²) in [5.41, 5.74) is 1.33. The Bertz CT molecular complexity index is 536. The second-order valence-electron chi connectivity index (χ2n) is 7.06. The Labute approximate surface area is 150 Å². The zero-order valence-electron chi connectivity index (χ0n) is 14.1. The van der Waals surface area contributed by atoms with Crippen molar-refractivity contribution in [3.8, 4) is 0 Å². The molecule has 2 fully saturated rings. The molecule has 2 aliphatic heterocycles. The van der Waals surface area contributed by atoms with Crippen LogP contribution in [0.4, 0.5) is 0 Å². The molecule has 0 radical (unpaired) electrons. The van der Waals surface area contributed by atoms with Gasteiger partial charge in [0.2, 0.25) is 0 Å². The van der Waals surface area contributed by atoms with Gasteiger partial charge in [-0.25, -0.2) is 0 Å². The molecule has 1 aromatic carbocycles. The number of nitrogens with zero attached hydrogens (tertiary/aromatic N) is 1. The van der Waals surface area contributed by atoms with E-state index in [4.69, 9.17) is 27.9 Å². The van der Waals surface area contributed by atoms with Crippen molar-refractivity contribution < 1.29 is 4.74 Å². The van der Waals surface area contributed by atoms with Crippen LogP contribution in [0.25, 0.3) is 0 Å². The van der Waals surface area contributed by atoms with E-state index < -0.39 is 0 Å². The summed E-state index contributed by atoms with van der Waals surface area (Å²) in [7, 11) is 2.31. The SMILES string of the molecule is CCOC[C@H]1CC2CCC(CC[C@@H]1c1ccc(Cl)c(Cl)c1)N2C. The summed E-state index contributed by atoms with van der Waals surface area (Å²) in [6.45, 7) is 3.71. The number of halogens is 2. The first kappa shape index (κ1) is 17.5. The van der Waals surface area contributed by atoms with Crippen LogP contribution in [-0.4, -0.2) is 37.2 Å². The number of rotatable bonds is 4. The molecule has 2 unspecified atom stereocenters. The molecule has 128 valence electrons. The van der Waals surface area contributed by atoms with Crippen LogP contribution < -0.4 is 0 Å². The quantitative estimate of drug-likeness (QED) is 0.718.